The molecule has 3 aromatic rings. The zero-order chi connectivity index (χ0) is 22.5. The monoisotopic (exact) mass is 431 g/mol. The van der Waals surface area contributed by atoms with Crippen LogP contribution in [0.4, 0.5) is 11.5 Å². The Hall–Kier alpha value is -3.45. The molecule has 1 aromatic heterocycles. The lowest BCUT2D eigenvalue weighted by molar-refractivity contribution is -0.118. The van der Waals surface area contributed by atoms with Gasteiger partial charge in [-0.05, 0) is 68.4 Å². The molecule has 0 radical (unpaired) electrons. The SMILES string of the molecule is Cc1cc(C)cc(OCC(=O)Nc2cccc(-c3ccc(N4CCN(C)CC4)nn3)c2)c1. The summed E-state index contributed by atoms with van der Waals surface area (Å²) >= 11 is 0. The third-order valence-electron chi connectivity index (χ3n) is 5.48. The van der Waals surface area contributed by atoms with E-state index >= 15 is 0 Å². The topological polar surface area (TPSA) is 70.6 Å². The number of ether oxygens (including phenoxy) is 1. The summed E-state index contributed by atoms with van der Waals surface area (Å²) in [7, 11) is 2.13. The summed E-state index contributed by atoms with van der Waals surface area (Å²) < 4.78 is 5.65. The molecule has 0 unspecified atom stereocenters. The second-order valence-electron chi connectivity index (χ2n) is 8.31. The van der Waals surface area contributed by atoms with E-state index in [-0.39, 0.29) is 12.5 Å². The van der Waals surface area contributed by atoms with Gasteiger partial charge in [-0.3, -0.25) is 4.79 Å². The van der Waals surface area contributed by atoms with Gasteiger partial charge in [0.1, 0.15) is 5.75 Å². The maximum absolute atomic E-state index is 12.4. The molecule has 0 aliphatic carbocycles. The van der Waals surface area contributed by atoms with Gasteiger partial charge in [-0.25, -0.2) is 0 Å². The molecular weight excluding hydrogens is 402 g/mol. The first kappa shape index (κ1) is 21.8. The Kier molecular flexibility index (Phi) is 6.66. The Balaban J connectivity index is 1.37. The number of carbonyl (C=O) groups is 1. The number of rotatable bonds is 6. The van der Waals surface area contributed by atoms with Crippen LogP contribution < -0.4 is 15.0 Å². The van der Waals surface area contributed by atoms with Gasteiger partial charge in [0.15, 0.2) is 12.4 Å². The van der Waals surface area contributed by atoms with Crippen LogP contribution in [0.25, 0.3) is 11.3 Å². The fraction of sp³-hybridized carbons (Fsp3) is 0.320. The van der Waals surface area contributed by atoms with E-state index in [0.717, 1.165) is 54.4 Å². The predicted octanol–water partition coefficient (Wildman–Crippen LogP) is 3.53. The first-order valence-electron chi connectivity index (χ1n) is 10.8. The number of benzene rings is 2. The van der Waals surface area contributed by atoms with Crippen molar-refractivity contribution in [2.24, 2.45) is 0 Å². The van der Waals surface area contributed by atoms with Crippen molar-refractivity contribution >= 4 is 17.4 Å². The summed E-state index contributed by atoms with van der Waals surface area (Å²) in [6, 6.07) is 17.5. The molecule has 0 spiro atoms. The highest BCUT2D eigenvalue weighted by atomic mass is 16.5. The van der Waals surface area contributed by atoms with E-state index in [2.05, 4.69) is 38.4 Å². The molecule has 1 aliphatic rings. The first-order valence-corrected chi connectivity index (χ1v) is 10.8. The zero-order valence-corrected chi connectivity index (χ0v) is 18.8. The van der Waals surface area contributed by atoms with Gasteiger partial charge in [0.2, 0.25) is 0 Å². The highest BCUT2D eigenvalue weighted by molar-refractivity contribution is 5.92. The van der Waals surface area contributed by atoms with Gasteiger partial charge in [0.05, 0.1) is 5.69 Å². The summed E-state index contributed by atoms with van der Waals surface area (Å²) in [5, 5.41) is 11.7. The summed E-state index contributed by atoms with van der Waals surface area (Å²) in [6.45, 7) is 7.92. The molecule has 0 atom stereocenters. The number of piperazine rings is 1. The molecule has 4 rings (SSSR count). The quantitative estimate of drug-likeness (QED) is 0.644. The van der Waals surface area contributed by atoms with Crippen molar-refractivity contribution in [3.63, 3.8) is 0 Å². The maximum atomic E-state index is 12.4. The summed E-state index contributed by atoms with van der Waals surface area (Å²) in [5.41, 5.74) is 4.57. The summed E-state index contributed by atoms with van der Waals surface area (Å²) in [4.78, 5) is 16.9. The smallest absolute Gasteiger partial charge is 0.262 e. The lowest BCUT2D eigenvalue weighted by atomic mass is 10.1. The van der Waals surface area contributed by atoms with Gasteiger partial charge < -0.3 is 19.9 Å². The van der Waals surface area contributed by atoms with E-state index in [1.807, 2.05) is 62.4 Å². The largest absolute Gasteiger partial charge is 0.484 e. The average Bonchev–Trinajstić information content (AvgIpc) is 2.78. The lowest BCUT2D eigenvalue weighted by Gasteiger charge is -2.32. The second kappa shape index (κ2) is 9.78. The normalized spacial score (nSPS) is 14.3. The van der Waals surface area contributed by atoms with Crippen LogP contribution in [0.5, 0.6) is 5.75 Å². The van der Waals surface area contributed by atoms with Gasteiger partial charge >= 0.3 is 0 Å². The fourth-order valence-electron chi connectivity index (χ4n) is 3.80. The van der Waals surface area contributed by atoms with Crippen molar-refractivity contribution in [2.75, 3.05) is 50.1 Å². The Bertz CT molecular complexity index is 1060. The zero-order valence-electron chi connectivity index (χ0n) is 18.8. The van der Waals surface area contributed by atoms with Crippen molar-refractivity contribution < 1.29 is 9.53 Å². The molecule has 1 N–H and O–H groups in total. The van der Waals surface area contributed by atoms with Crippen molar-refractivity contribution in [3.8, 4) is 17.0 Å². The van der Waals surface area contributed by atoms with E-state index in [9.17, 15) is 4.79 Å². The highest BCUT2D eigenvalue weighted by Gasteiger charge is 2.16. The van der Waals surface area contributed by atoms with E-state index in [1.165, 1.54) is 0 Å². The van der Waals surface area contributed by atoms with Crippen LogP contribution in [-0.4, -0.2) is 60.8 Å². The van der Waals surface area contributed by atoms with Gasteiger partial charge in [0.25, 0.3) is 5.91 Å². The minimum absolute atomic E-state index is 0.0490. The lowest BCUT2D eigenvalue weighted by Crippen LogP contribution is -2.44. The molecule has 7 nitrogen and oxygen atoms in total. The predicted molar refractivity (Wildman–Crippen MR) is 127 cm³/mol. The number of carbonyl (C=O) groups excluding carboxylic acids is 1. The van der Waals surface area contributed by atoms with Gasteiger partial charge in [-0.15, -0.1) is 10.2 Å². The van der Waals surface area contributed by atoms with E-state index < -0.39 is 0 Å². The molecule has 2 aromatic carbocycles. The van der Waals surface area contributed by atoms with Crippen LogP contribution in [-0.2, 0) is 4.79 Å². The Morgan fingerprint density at radius 1 is 0.969 bits per heavy atom. The molecular formula is C25H29N5O2. The standard InChI is InChI=1S/C25H29N5O2/c1-18-13-19(2)15-22(14-18)32-17-25(31)26-21-6-4-5-20(16-21)23-7-8-24(28-27-23)30-11-9-29(3)10-12-30/h4-8,13-16H,9-12,17H2,1-3H3,(H,26,31). The summed E-state index contributed by atoms with van der Waals surface area (Å²) in [5.74, 6) is 1.38. The first-order chi connectivity index (χ1) is 15.5. The van der Waals surface area contributed by atoms with Crippen LogP contribution >= 0.6 is 0 Å². The fourth-order valence-corrected chi connectivity index (χ4v) is 3.80. The highest BCUT2D eigenvalue weighted by Crippen LogP contribution is 2.22. The molecule has 1 fully saturated rings. The van der Waals surface area contributed by atoms with Gasteiger partial charge in [-0.2, -0.15) is 0 Å². The van der Waals surface area contributed by atoms with Crippen LogP contribution in [0, 0.1) is 13.8 Å². The number of hydrogen-bond acceptors (Lipinski definition) is 6. The number of amides is 1. The average molecular weight is 432 g/mol. The number of likely N-dealkylation sites (N-methyl/N-ethyl adjacent to an activating group) is 1. The molecule has 32 heavy (non-hydrogen) atoms. The van der Waals surface area contributed by atoms with Crippen LogP contribution in [0.2, 0.25) is 0 Å². The molecule has 2 heterocycles. The van der Waals surface area contributed by atoms with Gasteiger partial charge in [0, 0.05) is 37.4 Å². The van der Waals surface area contributed by atoms with Crippen molar-refractivity contribution in [2.45, 2.75) is 13.8 Å². The van der Waals surface area contributed by atoms with Gasteiger partial charge in [-0.1, -0.05) is 18.2 Å². The Labute approximate surface area is 189 Å². The second-order valence-corrected chi connectivity index (χ2v) is 8.31. The molecule has 7 heteroatoms. The van der Waals surface area contributed by atoms with Crippen LogP contribution in [0.3, 0.4) is 0 Å². The minimum Gasteiger partial charge on any atom is -0.484 e. The van der Waals surface area contributed by atoms with E-state index in [1.54, 1.807) is 0 Å². The molecule has 1 aliphatic heterocycles. The van der Waals surface area contributed by atoms with Crippen molar-refractivity contribution in [1.82, 2.24) is 15.1 Å². The summed E-state index contributed by atoms with van der Waals surface area (Å²) in [6.07, 6.45) is 0. The third-order valence-corrected chi connectivity index (χ3v) is 5.48. The van der Waals surface area contributed by atoms with E-state index in [4.69, 9.17) is 4.74 Å². The van der Waals surface area contributed by atoms with E-state index in [0.29, 0.717) is 11.4 Å². The Morgan fingerprint density at radius 2 is 1.72 bits per heavy atom. The number of anilines is 2. The third kappa shape index (κ3) is 5.62. The van der Waals surface area contributed by atoms with Crippen molar-refractivity contribution in [1.29, 1.82) is 0 Å². The maximum Gasteiger partial charge on any atom is 0.262 e. The minimum atomic E-state index is -0.210. The van der Waals surface area contributed by atoms with Crippen LogP contribution in [0.1, 0.15) is 11.1 Å². The number of aromatic nitrogens is 2. The number of nitrogens with one attached hydrogen (secondary N) is 1. The number of nitrogens with zero attached hydrogens (tertiary/aromatic N) is 4. The molecule has 0 bridgehead atoms. The number of aryl methyl sites for hydroxylation is 2. The Morgan fingerprint density at radius 3 is 2.41 bits per heavy atom. The molecule has 1 amide bonds. The molecule has 166 valence electrons. The number of hydrogen-bond donors (Lipinski definition) is 1. The van der Waals surface area contributed by atoms with Crippen LogP contribution in [0.15, 0.2) is 54.6 Å². The van der Waals surface area contributed by atoms with Crippen molar-refractivity contribution in [3.05, 3.63) is 65.7 Å². The molecule has 0 saturated carbocycles. The molecule has 1 saturated heterocycles.